The number of nitrogens with zero attached hydrogens (tertiary/aromatic N) is 4. The first-order chi connectivity index (χ1) is 19.4. The minimum absolute atomic E-state index is 0.000889. The highest BCUT2D eigenvalue weighted by Crippen LogP contribution is 2.48. The second-order valence-electron chi connectivity index (χ2n) is 11.6. The molecule has 1 saturated carbocycles. The number of fused-ring (bicyclic) bond motifs is 2. The topological polar surface area (TPSA) is 157 Å². The number of carbonyl (C=O) groups excluding carboxylic acids is 3. The fraction of sp³-hybridized carbons (Fsp3) is 0.536. The third-order valence-corrected chi connectivity index (χ3v) is 8.74. The molecule has 4 N–H and O–H groups in total. The molecule has 3 amide bonds. The predicted octanol–water partition coefficient (Wildman–Crippen LogP) is 0.119. The Hall–Kier alpha value is -3.84. The summed E-state index contributed by atoms with van der Waals surface area (Å²) in [7, 11) is 2.91. The number of aromatic hydroxyl groups is 1. The van der Waals surface area contributed by atoms with Crippen molar-refractivity contribution >= 4 is 17.7 Å². The highest BCUT2D eigenvalue weighted by atomic mass is 19.1. The van der Waals surface area contributed by atoms with Crippen LogP contribution in [-0.2, 0) is 28.2 Å². The second-order valence-corrected chi connectivity index (χ2v) is 11.6. The van der Waals surface area contributed by atoms with E-state index in [1.54, 1.807) is 13.0 Å². The number of aliphatic hydroxyl groups is 1. The van der Waals surface area contributed by atoms with Crippen molar-refractivity contribution in [2.75, 3.05) is 27.2 Å². The summed E-state index contributed by atoms with van der Waals surface area (Å²) in [6.45, 7) is 2.81. The molecule has 220 valence electrons. The molecule has 12 nitrogen and oxygen atoms in total. The van der Waals surface area contributed by atoms with Crippen LogP contribution in [-0.4, -0.2) is 86.1 Å². The number of carbonyl (C=O) groups is 3. The summed E-state index contributed by atoms with van der Waals surface area (Å²) in [5, 5.41) is 26.6. The molecule has 0 radical (unpaired) electrons. The molecule has 1 aromatic heterocycles. The lowest BCUT2D eigenvalue weighted by atomic mass is 9.72. The zero-order valence-corrected chi connectivity index (χ0v) is 23.4. The molecule has 0 spiro atoms. The van der Waals surface area contributed by atoms with E-state index in [1.165, 1.54) is 30.8 Å². The van der Waals surface area contributed by atoms with Gasteiger partial charge < -0.3 is 25.7 Å². The van der Waals surface area contributed by atoms with Crippen molar-refractivity contribution < 1.29 is 29.0 Å². The predicted molar refractivity (Wildman–Crippen MR) is 144 cm³/mol. The van der Waals surface area contributed by atoms with E-state index < -0.39 is 51.9 Å². The van der Waals surface area contributed by atoms with Crippen LogP contribution < -0.4 is 16.2 Å². The minimum atomic E-state index is -1.24. The van der Waals surface area contributed by atoms with Crippen LogP contribution in [0.1, 0.15) is 59.5 Å². The molecule has 13 heteroatoms. The Morgan fingerprint density at radius 1 is 1.20 bits per heavy atom. The number of amides is 3. The maximum absolute atomic E-state index is 13.7. The second kappa shape index (κ2) is 10.5. The van der Waals surface area contributed by atoms with Gasteiger partial charge in [-0.25, -0.2) is 9.37 Å². The van der Waals surface area contributed by atoms with Gasteiger partial charge >= 0.3 is 11.8 Å². The van der Waals surface area contributed by atoms with Gasteiger partial charge in [-0.2, -0.15) is 0 Å². The lowest BCUT2D eigenvalue weighted by molar-refractivity contribution is -0.145. The molecule has 1 saturated heterocycles. The van der Waals surface area contributed by atoms with Crippen molar-refractivity contribution in [2.24, 2.45) is 0 Å². The Balaban J connectivity index is 1.54. The van der Waals surface area contributed by atoms with Crippen LogP contribution >= 0.6 is 0 Å². The number of benzene rings is 1. The van der Waals surface area contributed by atoms with Gasteiger partial charge in [0.25, 0.3) is 11.5 Å². The van der Waals surface area contributed by atoms with E-state index in [1.807, 2.05) is 0 Å². The van der Waals surface area contributed by atoms with Crippen molar-refractivity contribution in [2.45, 2.75) is 69.3 Å². The SMILES string of the molecule is Cc1cc(CNC(=O)c2nc3n(c(=O)c2O)CC2(N4CC[C@H](O)C4)CCC3(NC(=O)C(=O)N(C)C)CC2)ccc1F. The van der Waals surface area contributed by atoms with Crippen LogP contribution in [0.25, 0.3) is 0 Å². The molecular weight excluding hydrogens is 535 g/mol. The quantitative estimate of drug-likeness (QED) is 0.369. The van der Waals surface area contributed by atoms with E-state index in [0.717, 1.165) is 4.90 Å². The Labute approximate surface area is 236 Å². The largest absolute Gasteiger partial charge is 0.501 e. The minimum Gasteiger partial charge on any atom is -0.501 e. The number of likely N-dealkylation sites (tertiary alicyclic amines) is 1. The van der Waals surface area contributed by atoms with Gasteiger partial charge in [-0.1, -0.05) is 12.1 Å². The molecule has 2 bridgehead atoms. The molecule has 6 rings (SSSR count). The fourth-order valence-electron chi connectivity index (χ4n) is 6.36. The number of aryl methyl sites for hydroxylation is 1. The van der Waals surface area contributed by atoms with Crippen molar-refractivity contribution in [3.05, 3.63) is 57.0 Å². The summed E-state index contributed by atoms with van der Waals surface area (Å²) < 4.78 is 15.0. The molecule has 1 aromatic carbocycles. The number of aromatic nitrogens is 2. The summed E-state index contributed by atoms with van der Waals surface area (Å²) in [6, 6.07) is 4.38. The van der Waals surface area contributed by atoms with Crippen LogP contribution in [0.2, 0.25) is 0 Å². The highest BCUT2D eigenvalue weighted by Gasteiger charge is 2.54. The van der Waals surface area contributed by atoms with Gasteiger partial charge in [-0.15, -0.1) is 0 Å². The number of hydrogen-bond donors (Lipinski definition) is 4. The van der Waals surface area contributed by atoms with E-state index in [0.29, 0.717) is 56.3 Å². The first kappa shape index (κ1) is 28.7. The van der Waals surface area contributed by atoms with Gasteiger partial charge in [-0.3, -0.25) is 28.6 Å². The molecule has 2 fully saturated rings. The smallest absolute Gasteiger partial charge is 0.311 e. The van der Waals surface area contributed by atoms with E-state index in [-0.39, 0.29) is 24.7 Å². The third kappa shape index (κ3) is 5.08. The molecule has 4 aliphatic rings. The molecule has 1 aliphatic carbocycles. The monoisotopic (exact) mass is 570 g/mol. The summed E-state index contributed by atoms with van der Waals surface area (Å²) in [6.07, 6.45) is 1.84. The van der Waals surface area contributed by atoms with Crippen molar-refractivity contribution in [3.63, 3.8) is 0 Å². The molecule has 4 heterocycles. The number of nitrogens with one attached hydrogen (secondary N) is 2. The number of β-amino-alcohol motifs (C(OH)–C–C–N with tert-alkyl or cyclic N) is 1. The van der Waals surface area contributed by atoms with E-state index >= 15 is 0 Å². The maximum atomic E-state index is 13.7. The standard InChI is InChI=1S/C28H35FN6O6/c1-16-12-17(4-5-19(16)29)13-30-22(38)20-21(37)24(40)35-15-27(34-11-6-18(36)14-34)7-9-28(10-8-27,26(35)31-20)32-23(39)25(41)33(2)3/h4-5,12,18,36-37H,6-11,13-15H2,1-3H3,(H,30,38)(H,32,39)/t18-,27?,28?/m0/s1. The maximum Gasteiger partial charge on any atom is 0.311 e. The average Bonchev–Trinajstić information content (AvgIpc) is 3.28. The van der Waals surface area contributed by atoms with Gasteiger partial charge in [0, 0.05) is 45.8 Å². The summed E-state index contributed by atoms with van der Waals surface area (Å²) in [5.41, 5.74) is -2.09. The van der Waals surface area contributed by atoms with Gasteiger partial charge in [0.15, 0.2) is 5.69 Å². The Bertz CT molecular complexity index is 1460. The third-order valence-electron chi connectivity index (χ3n) is 8.74. The van der Waals surface area contributed by atoms with Gasteiger partial charge in [0.2, 0.25) is 5.75 Å². The van der Waals surface area contributed by atoms with Crippen LogP contribution in [0.15, 0.2) is 23.0 Å². The van der Waals surface area contributed by atoms with Gasteiger partial charge in [-0.05, 0) is 56.2 Å². The first-order valence-electron chi connectivity index (χ1n) is 13.7. The molecule has 1 atom stereocenters. The van der Waals surface area contributed by atoms with Crippen molar-refractivity contribution in [3.8, 4) is 5.75 Å². The lowest BCUT2D eigenvalue weighted by Crippen LogP contribution is -2.57. The average molecular weight is 571 g/mol. The number of aliphatic hydroxyl groups excluding tert-OH is 1. The van der Waals surface area contributed by atoms with Crippen LogP contribution in [0, 0.1) is 12.7 Å². The van der Waals surface area contributed by atoms with Crippen molar-refractivity contribution in [1.82, 2.24) is 30.0 Å². The zero-order chi connectivity index (χ0) is 29.7. The normalized spacial score (nSPS) is 25.3. The van der Waals surface area contributed by atoms with Crippen LogP contribution in [0.4, 0.5) is 4.39 Å². The molecule has 0 unspecified atom stereocenters. The Kier molecular flexibility index (Phi) is 7.36. The molecule has 3 aliphatic heterocycles. The summed E-state index contributed by atoms with van der Waals surface area (Å²) in [5.74, 6) is -3.57. The van der Waals surface area contributed by atoms with Gasteiger partial charge in [0.1, 0.15) is 11.6 Å². The van der Waals surface area contributed by atoms with Crippen LogP contribution in [0.5, 0.6) is 5.75 Å². The van der Waals surface area contributed by atoms with Crippen LogP contribution in [0.3, 0.4) is 0 Å². The molecule has 2 aromatic rings. The van der Waals surface area contributed by atoms with E-state index in [9.17, 15) is 33.8 Å². The first-order valence-corrected chi connectivity index (χ1v) is 13.7. The van der Waals surface area contributed by atoms with E-state index in [4.69, 9.17) is 0 Å². The highest BCUT2D eigenvalue weighted by molar-refractivity contribution is 6.35. The Morgan fingerprint density at radius 3 is 2.51 bits per heavy atom. The van der Waals surface area contributed by atoms with E-state index in [2.05, 4.69) is 20.5 Å². The number of rotatable bonds is 5. The number of hydrogen-bond acceptors (Lipinski definition) is 8. The number of halogens is 1. The molecule has 41 heavy (non-hydrogen) atoms. The molecular formula is C28H35FN6O6. The summed E-state index contributed by atoms with van der Waals surface area (Å²) in [4.78, 5) is 60.2. The lowest BCUT2D eigenvalue weighted by Gasteiger charge is -2.47. The van der Waals surface area contributed by atoms with Crippen molar-refractivity contribution in [1.29, 1.82) is 0 Å². The zero-order valence-electron chi connectivity index (χ0n) is 23.4. The Morgan fingerprint density at radius 2 is 1.90 bits per heavy atom. The summed E-state index contributed by atoms with van der Waals surface area (Å²) >= 11 is 0. The fourth-order valence-corrected chi connectivity index (χ4v) is 6.36. The number of likely N-dealkylation sites (N-methyl/N-ethyl adjacent to an activating group) is 1. The van der Waals surface area contributed by atoms with Gasteiger partial charge in [0.05, 0.1) is 11.6 Å².